The first-order valence-corrected chi connectivity index (χ1v) is 6.99. The van der Waals surface area contributed by atoms with E-state index >= 15 is 0 Å². The van der Waals surface area contributed by atoms with Gasteiger partial charge in [0.1, 0.15) is 5.82 Å². The Labute approximate surface area is 115 Å². The zero-order valence-electron chi connectivity index (χ0n) is 12.1. The first-order chi connectivity index (χ1) is 9.20. The van der Waals surface area contributed by atoms with Crippen LogP contribution in [0.4, 0.5) is 0 Å². The van der Waals surface area contributed by atoms with Crippen molar-refractivity contribution in [3.05, 3.63) is 47.9 Å². The van der Waals surface area contributed by atoms with Gasteiger partial charge in [-0.05, 0) is 51.2 Å². The zero-order chi connectivity index (χ0) is 13.7. The summed E-state index contributed by atoms with van der Waals surface area (Å²) in [5.74, 6) is 1.00. The van der Waals surface area contributed by atoms with Crippen molar-refractivity contribution in [3.8, 4) is 5.82 Å². The van der Waals surface area contributed by atoms with E-state index in [1.165, 1.54) is 18.5 Å². The molecule has 0 unspecified atom stereocenters. The van der Waals surface area contributed by atoms with Gasteiger partial charge in [-0.1, -0.05) is 19.4 Å². The minimum Gasteiger partial charge on any atom is -0.304 e. The lowest BCUT2D eigenvalue weighted by Crippen LogP contribution is -2.20. The molecule has 19 heavy (non-hydrogen) atoms. The van der Waals surface area contributed by atoms with Crippen LogP contribution in [-0.4, -0.2) is 28.0 Å². The lowest BCUT2D eigenvalue weighted by atomic mass is 10.3. The molecule has 0 aromatic carbocycles. The summed E-state index contributed by atoms with van der Waals surface area (Å²) in [4.78, 5) is 6.96. The highest BCUT2D eigenvalue weighted by Crippen LogP contribution is 2.13. The lowest BCUT2D eigenvalue weighted by Gasteiger charge is -2.17. The number of aryl methyl sites for hydroxylation is 1. The van der Waals surface area contributed by atoms with Crippen molar-refractivity contribution in [1.82, 2.24) is 14.5 Å². The van der Waals surface area contributed by atoms with E-state index in [2.05, 4.69) is 58.9 Å². The molecule has 2 aromatic rings. The van der Waals surface area contributed by atoms with Crippen molar-refractivity contribution in [2.75, 3.05) is 13.6 Å². The monoisotopic (exact) mass is 257 g/mol. The summed E-state index contributed by atoms with van der Waals surface area (Å²) < 4.78 is 2.18. The number of aromatic nitrogens is 2. The number of nitrogens with zero attached hydrogens (tertiary/aromatic N) is 3. The van der Waals surface area contributed by atoms with Crippen molar-refractivity contribution in [2.24, 2.45) is 0 Å². The van der Waals surface area contributed by atoms with Gasteiger partial charge in [0.15, 0.2) is 0 Å². The first kappa shape index (κ1) is 13.8. The molecule has 3 heteroatoms. The summed E-state index contributed by atoms with van der Waals surface area (Å²) in [7, 11) is 2.18. The molecule has 0 aliphatic heterocycles. The van der Waals surface area contributed by atoms with Crippen LogP contribution in [-0.2, 0) is 6.54 Å². The van der Waals surface area contributed by atoms with Gasteiger partial charge in [0, 0.05) is 24.1 Å². The van der Waals surface area contributed by atoms with Crippen LogP contribution in [0.25, 0.3) is 5.82 Å². The topological polar surface area (TPSA) is 21.1 Å². The summed E-state index contributed by atoms with van der Waals surface area (Å²) in [6.45, 7) is 6.36. The van der Waals surface area contributed by atoms with E-state index in [0.29, 0.717) is 0 Å². The molecule has 0 N–H and O–H groups in total. The van der Waals surface area contributed by atoms with Gasteiger partial charge in [-0.25, -0.2) is 4.98 Å². The molecular weight excluding hydrogens is 234 g/mol. The molecule has 0 saturated carbocycles. The van der Waals surface area contributed by atoms with Crippen molar-refractivity contribution in [3.63, 3.8) is 0 Å². The highest BCUT2D eigenvalue weighted by molar-refractivity contribution is 5.29. The molecule has 0 aliphatic rings. The molecule has 0 aliphatic carbocycles. The van der Waals surface area contributed by atoms with Gasteiger partial charge in [-0.3, -0.25) is 0 Å². The molecule has 0 bridgehead atoms. The summed E-state index contributed by atoms with van der Waals surface area (Å²) in [5.41, 5.74) is 2.34. The van der Waals surface area contributed by atoms with Crippen LogP contribution in [0.15, 0.2) is 36.5 Å². The third-order valence-corrected chi connectivity index (χ3v) is 3.28. The Balaban J connectivity index is 2.13. The maximum Gasteiger partial charge on any atom is 0.137 e. The molecule has 2 aromatic heterocycles. The van der Waals surface area contributed by atoms with E-state index in [-0.39, 0.29) is 0 Å². The Bertz CT molecular complexity index is 516. The molecule has 0 atom stereocenters. The summed E-state index contributed by atoms with van der Waals surface area (Å²) in [6.07, 6.45) is 4.58. The maximum atomic E-state index is 4.59. The highest BCUT2D eigenvalue weighted by Gasteiger charge is 2.07. The number of rotatable bonds is 6. The van der Waals surface area contributed by atoms with E-state index in [1.54, 1.807) is 0 Å². The van der Waals surface area contributed by atoms with E-state index in [4.69, 9.17) is 0 Å². The molecule has 102 valence electrons. The van der Waals surface area contributed by atoms with Crippen molar-refractivity contribution >= 4 is 0 Å². The van der Waals surface area contributed by atoms with Crippen LogP contribution in [0.2, 0.25) is 0 Å². The van der Waals surface area contributed by atoms with Crippen LogP contribution in [0, 0.1) is 6.92 Å². The third-order valence-electron chi connectivity index (χ3n) is 3.28. The molecular formula is C16H23N3. The van der Waals surface area contributed by atoms with Gasteiger partial charge < -0.3 is 9.47 Å². The lowest BCUT2D eigenvalue weighted by molar-refractivity contribution is 0.315. The second-order valence-corrected chi connectivity index (χ2v) is 5.10. The Morgan fingerprint density at radius 1 is 1.21 bits per heavy atom. The van der Waals surface area contributed by atoms with Crippen molar-refractivity contribution in [2.45, 2.75) is 33.2 Å². The Hall–Kier alpha value is -1.61. The molecule has 0 radical (unpaired) electrons. The normalized spacial score (nSPS) is 11.2. The molecule has 0 saturated heterocycles. The van der Waals surface area contributed by atoms with Gasteiger partial charge in [0.2, 0.25) is 0 Å². The first-order valence-electron chi connectivity index (χ1n) is 6.99. The van der Waals surface area contributed by atoms with E-state index in [9.17, 15) is 0 Å². The van der Waals surface area contributed by atoms with E-state index in [1.807, 2.05) is 13.0 Å². The summed E-state index contributed by atoms with van der Waals surface area (Å²) in [6, 6.07) is 10.4. The number of hydrogen-bond acceptors (Lipinski definition) is 2. The maximum absolute atomic E-state index is 4.59. The minimum atomic E-state index is 0.961. The number of unbranched alkanes of at least 4 members (excludes halogenated alkanes) is 1. The second-order valence-electron chi connectivity index (χ2n) is 5.10. The third kappa shape index (κ3) is 3.67. The van der Waals surface area contributed by atoms with Gasteiger partial charge >= 0.3 is 0 Å². The van der Waals surface area contributed by atoms with Gasteiger partial charge in [0.25, 0.3) is 0 Å². The average molecular weight is 257 g/mol. The fourth-order valence-electron chi connectivity index (χ4n) is 2.22. The van der Waals surface area contributed by atoms with E-state index < -0.39 is 0 Å². The molecule has 3 nitrogen and oxygen atoms in total. The quantitative estimate of drug-likeness (QED) is 0.790. The minimum absolute atomic E-state index is 0.961. The van der Waals surface area contributed by atoms with Gasteiger partial charge in [-0.15, -0.1) is 0 Å². The predicted octanol–water partition coefficient (Wildman–Crippen LogP) is 3.41. The van der Waals surface area contributed by atoms with Gasteiger partial charge in [-0.2, -0.15) is 0 Å². The number of hydrogen-bond donors (Lipinski definition) is 0. The van der Waals surface area contributed by atoms with Crippen LogP contribution in [0.1, 0.15) is 31.2 Å². The molecule has 0 amide bonds. The van der Waals surface area contributed by atoms with Crippen molar-refractivity contribution < 1.29 is 0 Å². The Morgan fingerprint density at radius 3 is 2.79 bits per heavy atom. The zero-order valence-corrected chi connectivity index (χ0v) is 12.1. The van der Waals surface area contributed by atoms with Crippen LogP contribution >= 0.6 is 0 Å². The van der Waals surface area contributed by atoms with Crippen LogP contribution in [0.5, 0.6) is 0 Å². The molecule has 2 heterocycles. The van der Waals surface area contributed by atoms with E-state index in [0.717, 1.165) is 24.6 Å². The predicted molar refractivity (Wildman–Crippen MR) is 79.5 cm³/mol. The van der Waals surface area contributed by atoms with Gasteiger partial charge in [0.05, 0.1) is 0 Å². The smallest absolute Gasteiger partial charge is 0.137 e. The standard InChI is InChI=1S/C16H23N3/c1-4-5-11-18(3)13-15-9-7-12-19(15)16-10-6-8-14(2)17-16/h6-10,12H,4-5,11,13H2,1-3H3. The highest BCUT2D eigenvalue weighted by atomic mass is 15.1. The molecule has 0 fully saturated rings. The largest absolute Gasteiger partial charge is 0.304 e. The Morgan fingerprint density at radius 2 is 2.05 bits per heavy atom. The fraction of sp³-hybridized carbons (Fsp3) is 0.438. The molecule has 2 rings (SSSR count). The SMILES string of the molecule is CCCCN(C)Cc1cccn1-c1cccc(C)n1. The average Bonchev–Trinajstić information content (AvgIpc) is 2.84. The number of pyridine rings is 1. The second kappa shape index (κ2) is 6.53. The van der Waals surface area contributed by atoms with Crippen molar-refractivity contribution in [1.29, 1.82) is 0 Å². The Kier molecular flexibility index (Phi) is 4.74. The van der Waals surface area contributed by atoms with Crippen LogP contribution < -0.4 is 0 Å². The van der Waals surface area contributed by atoms with Crippen LogP contribution in [0.3, 0.4) is 0 Å². The fourth-order valence-corrected chi connectivity index (χ4v) is 2.22. The summed E-state index contributed by atoms with van der Waals surface area (Å²) >= 11 is 0. The summed E-state index contributed by atoms with van der Waals surface area (Å²) in [5, 5.41) is 0. The molecule has 0 spiro atoms.